The number of nitrogens with zero attached hydrogens (tertiary/aromatic N) is 2. The Morgan fingerprint density at radius 2 is 1.38 bits per heavy atom. The topological polar surface area (TPSA) is 52.7 Å². The molecule has 0 aliphatic carbocycles. The van der Waals surface area contributed by atoms with Crippen LogP contribution in [0.2, 0.25) is 0 Å². The Labute approximate surface area is 210 Å². The molecule has 0 saturated heterocycles. The van der Waals surface area contributed by atoms with Gasteiger partial charge in [0.15, 0.2) is 0 Å². The third-order valence-electron chi connectivity index (χ3n) is 5.55. The molecular formula is C28H32BrN3O2. The average molecular weight is 522 g/mol. The van der Waals surface area contributed by atoms with Gasteiger partial charge >= 0.3 is 6.03 Å². The van der Waals surface area contributed by atoms with Crippen molar-refractivity contribution in [2.75, 3.05) is 25.0 Å². The number of carbonyl (C=O) groups is 2. The second-order valence-corrected chi connectivity index (χ2v) is 9.13. The minimum Gasteiger partial charge on any atom is -0.338 e. The molecule has 3 rings (SSSR count). The van der Waals surface area contributed by atoms with Crippen LogP contribution in [0.4, 0.5) is 10.5 Å². The fraction of sp³-hybridized carbons (Fsp3) is 0.286. The number of benzene rings is 3. The van der Waals surface area contributed by atoms with Crippen LogP contribution < -0.4 is 5.32 Å². The van der Waals surface area contributed by atoms with Gasteiger partial charge in [-0.2, -0.15) is 0 Å². The van der Waals surface area contributed by atoms with Crippen LogP contribution in [0, 0.1) is 0 Å². The number of hydrogen-bond acceptors (Lipinski definition) is 2. The first-order valence-corrected chi connectivity index (χ1v) is 12.5. The number of hydrogen-bond donors (Lipinski definition) is 1. The number of halogens is 1. The Hall–Kier alpha value is -3.12. The van der Waals surface area contributed by atoms with Gasteiger partial charge in [-0.1, -0.05) is 83.5 Å². The first-order valence-electron chi connectivity index (χ1n) is 11.7. The molecule has 6 heteroatoms. The minimum atomic E-state index is -0.184. The lowest BCUT2D eigenvalue weighted by Crippen LogP contribution is -2.40. The molecule has 0 bridgehead atoms. The Morgan fingerprint density at radius 1 is 0.765 bits per heavy atom. The first-order chi connectivity index (χ1) is 16.5. The zero-order valence-electron chi connectivity index (χ0n) is 19.6. The summed E-state index contributed by atoms with van der Waals surface area (Å²) in [6, 6.07) is 27.5. The van der Waals surface area contributed by atoms with Gasteiger partial charge in [0.1, 0.15) is 0 Å². The molecule has 0 spiro atoms. The molecule has 0 heterocycles. The summed E-state index contributed by atoms with van der Waals surface area (Å²) in [4.78, 5) is 29.7. The van der Waals surface area contributed by atoms with Crippen LogP contribution >= 0.6 is 15.9 Å². The summed E-state index contributed by atoms with van der Waals surface area (Å²) in [6.07, 6.45) is 1.90. The van der Waals surface area contributed by atoms with Gasteiger partial charge in [0.25, 0.3) is 0 Å². The Morgan fingerprint density at radius 3 is 2.00 bits per heavy atom. The van der Waals surface area contributed by atoms with E-state index in [1.165, 1.54) is 5.56 Å². The molecule has 34 heavy (non-hydrogen) atoms. The smallest absolute Gasteiger partial charge is 0.321 e. The fourth-order valence-corrected chi connectivity index (χ4v) is 3.98. The van der Waals surface area contributed by atoms with Gasteiger partial charge in [-0.15, -0.1) is 0 Å². The molecule has 3 amide bonds. The zero-order valence-corrected chi connectivity index (χ0v) is 21.2. The molecule has 0 atom stereocenters. The maximum absolute atomic E-state index is 13.3. The predicted octanol–water partition coefficient (Wildman–Crippen LogP) is 6.35. The summed E-state index contributed by atoms with van der Waals surface area (Å²) in [5.41, 5.74) is 3.03. The maximum Gasteiger partial charge on any atom is 0.321 e. The fourth-order valence-electron chi connectivity index (χ4n) is 3.71. The van der Waals surface area contributed by atoms with Gasteiger partial charge < -0.3 is 15.1 Å². The van der Waals surface area contributed by atoms with Crippen molar-refractivity contribution in [2.24, 2.45) is 0 Å². The number of nitrogens with one attached hydrogen (secondary N) is 1. The van der Waals surface area contributed by atoms with Crippen molar-refractivity contribution >= 4 is 33.6 Å². The van der Waals surface area contributed by atoms with Crippen molar-refractivity contribution in [3.63, 3.8) is 0 Å². The monoisotopic (exact) mass is 521 g/mol. The highest BCUT2D eigenvalue weighted by molar-refractivity contribution is 9.10. The molecule has 0 unspecified atom stereocenters. The number of anilines is 1. The average Bonchev–Trinajstić information content (AvgIpc) is 2.86. The molecule has 0 fully saturated rings. The van der Waals surface area contributed by atoms with E-state index >= 15 is 0 Å². The third kappa shape index (κ3) is 8.34. The molecule has 1 N–H and O–H groups in total. The van der Waals surface area contributed by atoms with E-state index in [9.17, 15) is 9.59 Å². The molecule has 178 valence electrons. The van der Waals surface area contributed by atoms with Crippen molar-refractivity contribution in [2.45, 2.75) is 32.7 Å². The summed E-state index contributed by atoms with van der Waals surface area (Å²) < 4.78 is 0.954. The lowest BCUT2D eigenvalue weighted by molar-refractivity contribution is -0.132. The summed E-state index contributed by atoms with van der Waals surface area (Å²) in [5.74, 6) is 0.0531. The maximum atomic E-state index is 13.3. The second kappa shape index (κ2) is 13.6. The van der Waals surface area contributed by atoms with Crippen LogP contribution in [0.15, 0.2) is 89.4 Å². The highest BCUT2D eigenvalue weighted by atomic mass is 79.9. The standard InChI is InChI=1S/C28H32BrN3O2/c1-2-19-31(28(34)30-26-15-13-25(29)14-16-26)21-18-27(33)32(22-24-11-7-4-8-12-24)20-17-23-9-5-3-6-10-23/h3-16H,2,17-22H2,1H3,(H,30,34). The Kier molecular flexibility index (Phi) is 10.2. The molecule has 3 aromatic carbocycles. The quantitative estimate of drug-likeness (QED) is 0.319. The molecule has 0 aliphatic rings. The molecule has 0 aliphatic heterocycles. The number of rotatable bonds is 11. The summed E-state index contributed by atoms with van der Waals surface area (Å²) in [6.45, 7) is 4.20. The molecular weight excluding hydrogens is 490 g/mol. The van der Waals surface area contributed by atoms with Crippen molar-refractivity contribution in [1.82, 2.24) is 9.80 Å². The van der Waals surface area contributed by atoms with E-state index in [1.54, 1.807) is 4.90 Å². The lowest BCUT2D eigenvalue weighted by Gasteiger charge is -2.26. The number of carbonyl (C=O) groups excluding carboxylic acids is 2. The van der Waals surface area contributed by atoms with Gasteiger partial charge in [-0.3, -0.25) is 4.79 Å². The summed E-state index contributed by atoms with van der Waals surface area (Å²) in [7, 11) is 0. The van der Waals surface area contributed by atoms with Crippen LogP contribution in [0.25, 0.3) is 0 Å². The van der Waals surface area contributed by atoms with Crippen molar-refractivity contribution in [3.05, 3.63) is 101 Å². The lowest BCUT2D eigenvalue weighted by atomic mass is 10.1. The zero-order chi connectivity index (χ0) is 24.2. The van der Waals surface area contributed by atoms with E-state index < -0.39 is 0 Å². The van der Waals surface area contributed by atoms with Crippen LogP contribution in [-0.4, -0.2) is 41.4 Å². The SMILES string of the molecule is CCCN(CCC(=O)N(CCc1ccccc1)Cc1ccccc1)C(=O)Nc1ccc(Br)cc1. The molecule has 0 aromatic heterocycles. The van der Waals surface area contributed by atoms with E-state index in [4.69, 9.17) is 0 Å². The first kappa shape index (κ1) is 25.5. The molecule has 0 saturated carbocycles. The molecule has 3 aromatic rings. The van der Waals surface area contributed by atoms with Crippen LogP contribution in [-0.2, 0) is 17.8 Å². The van der Waals surface area contributed by atoms with Crippen LogP contribution in [0.3, 0.4) is 0 Å². The number of amides is 3. The van der Waals surface area contributed by atoms with E-state index in [-0.39, 0.29) is 18.4 Å². The minimum absolute atomic E-state index is 0.0531. The highest BCUT2D eigenvalue weighted by Crippen LogP contribution is 2.15. The molecule has 0 radical (unpaired) electrons. The van der Waals surface area contributed by atoms with Gasteiger partial charge in [-0.25, -0.2) is 4.79 Å². The summed E-state index contributed by atoms with van der Waals surface area (Å²) >= 11 is 3.41. The van der Waals surface area contributed by atoms with Crippen LogP contribution in [0.5, 0.6) is 0 Å². The van der Waals surface area contributed by atoms with E-state index in [2.05, 4.69) is 33.4 Å². The van der Waals surface area contributed by atoms with Crippen LogP contribution in [0.1, 0.15) is 30.9 Å². The predicted molar refractivity (Wildman–Crippen MR) is 142 cm³/mol. The van der Waals surface area contributed by atoms with Crippen molar-refractivity contribution in [3.8, 4) is 0 Å². The molecule has 5 nitrogen and oxygen atoms in total. The highest BCUT2D eigenvalue weighted by Gasteiger charge is 2.18. The van der Waals surface area contributed by atoms with Gasteiger partial charge in [0.05, 0.1) is 0 Å². The Balaban J connectivity index is 1.62. The van der Waals surface area contributed by atoms with E-state index in [0.29, 0.717) is 26.2 Å². The largest absolute Gasteiger partial charge is 0.338 e. The van der Waals surface area contributed by atoms with Gasteiger partial charge in [0.2, 0.25) is 5.91 Å². The second-order valence-electron chi connectivity index (χ2n) is 8.21. The summed E-state index contributed by atoms with van der Waals surface area (Å²) in [5, 5.41) is 2.93. The number of urea groups is 1. The normalized spacial score (nSPS) is 10.5. The Bertz CT molecular complexity index is 1030. The van der Waals surface area contributed by atoms with Gasteiger partial charge in [-0.05, 0) is 48.2 Å². The van der Waals surface area contributed by atoms with E-state index in [0.717, 1.165) is 28.6 Å². The third-order valence-corrected chi connectivity index (χ3v) is 6.08. The van der Waals surface area contributed by atoms with E-state index in [1.807, 2.05) is 84.6 Å². The van der Waals surface area contributed by atoms with Crippen molar-refractivity contribution in [1.29, 1.82) is 0 Å². The van der Waals surface area contributed by atoms with Gasteiger partial charge in [0, 0.05) is 42.8 Å². The van der Waals surface area contributed by atoms with Crippen molar-refractivity contribution < 1.29 is 9.59 Å².